The summed E-state index contributed by atoms with van der Waals surface area (Å²) >= 11 is 0. The molecular weight excluding hydrogens is 386 g/mol. The normalized spacial score (nSPS) is 25.7. The van der Waals surface area contributed by atoms with Crippen molar-refractivity contribution in [2.75, 3.05) is 26.2 Å². The van der Waals surface area contributed by atoms with Crippen LogP contribution >= 0.6 is 0 Å². The van der Waals surface area contributed by atoms with Gasteiger partial charge in [-0.2, -0.15) is 4.31 Å². The van der Waals surface area contributed by atoms with Crippen LogP contribution < -0.4 is 5.32 Å². The van der Waals surface area contributed by atoms with E-state index >= 15 is 0 Å². The molecule has 3 rings (SSSR count). The lowest BCUT2D eigenvalue weighted by atomic mass is 9.86. The summed E-state index contributed by atoms with van der Waals surface area (Å²) in [5.41, 5.74) is 0.858. The molecule has 2 fully saturated rings. The van der Waals surface area contributed by atoms with Crippen LogP contribution in [0.3, 0.4) is 0 Å². The third-order valence-electron chi connectivity index (χ3n) is 6.23. The molecule has 2 aliphatic rings. The molecule has 7 heteroatoms. The molecule has 0 radical (unpaired) electrons. The summed E-state index contributed by atoms with van der Waals surface area (Å²) in [5, 5.41) is 4.50. The molecule has 0 unspecified atom stereocenters. The summed E-state index contributed by atoms with van der Waals surface area (Å²) in [6, 6.07) is 9.43. The minimum atomic E-state index is -3.46. The number of hydrogen-bond acceptors (Lipinski definition) is 4. The molecule has 0 aromatic heterocycles. The van der Waals surface area contributed by atoms with Crippen LogP contribution in [0, 0.1) is 5.92 Å². The summed E-state index contributed by atoms with van der Waals surface area (Å²) in [5.74, 6) is 0.585. The van der Waals surface area contributed by atoms with E-state index < -0.39 is 10.0 Å². The second kappa shape index (κ2) is 9.87. The van der Waals surface area contributed by atoms with Gasteiger partial charge in [0, 0.05) is 37.6 Å². The van der Waals surface area contributed by atoms with Gasteiger partial charge < -0.3 is 5.32 Å². The first-order chi connectivity index (χ1) is 13.9. The maximum Gasteiger partial charge on any atom is 0.237 e. The third kappa shape index (κ3) is 5.90. The molecule has 29 heavy (non-hydrogen) atoms. The molecule has 1 heterocycles. The lowest BCUT2D eigenvalue weighted by Crippen LogP contribution is -2.56. The number of nitrogens with one attached hydrogen (secondary N) is 1. The van der Waals surface area contributed by atoms with Gasteiger partial charge in [0.05, 0.1) is 6.04 Å². The van der Waals surface area contributed by atoms with Crippen LogP contribution in [0.4, 0.5) is 0 Å². The number of carbonyl (C=O) groups excluding carboxylic acids is 1. The number of benzene rings is 1. The van der Waals surface area contributed by atoms with Crippen LogP contribution in [-0.4, -0.2) is 61.8 Å². The monoisotopic (exact) mass is 419 g/mol. The fourth-order valence-corrected chi connectivity index (χ4v) is 5.33. The zero-order valence-electron chi connectivity index (χ0n) is 17.5. The van der Waals surface area contributed by atoms with E-state index in [-0.39, 0.29) is 18.0 Å². The Balaban J connectivity index is 1.51. The molecular formula is C22H33N3O3S. The molecule has 1 saturated heterocycles. The van der Waals surface area contributed by atoms with E-state index in [1.54, 1.807) is 6.08 Å². The number of sulfonamides is 1. The molecule has 1 aromatic rings. The maximum absolute atomic E-state index is 12.7. The molecule has 1 N–H and O–H groups in total. The average Bonchev–Trinajstić information content (AvgIpc) is 2.74. The average molecular weight is 420 g/mol. The standard InChI is InChI=1S/C22H33N3O3S/c1-18-8-6-7-11-21(18)23-22(26)19(2)24-13-15-25(16-14-24)29(27,28)17-12-20-9-4-3-5-10-20/h3-5,9-10,12,17-19,21H,6-8,11,13-16H2,1-2H3,(H,23,26)/b17-12+/t18-,19+,21+/m0/s1. The summed E-state index contributed by atoms with van der Waals surface area (Å²) in [6.07, 6.45) is 6.28. The van der Waals surface area contributed by atoms with Gasteiger partial charge in [0.2, 0.25) is 15.9 Å². The highest BCUT2D eigenvalue weighted by atomic mass is 32.2. The van der Waals surface area contributed by atoms with Crippen molar-refractivity contribution in [3.05, 3.63) is 41.3 Å². The Morgan fingerprint density at radius 1 is 1.10 bits per heavy atom. The first kappa shape index (κ1) is 22.0. The van der Waals surface area contributed by atoms with Crippen LogP contribution in [0.5, 0.6) is 0 Å². The lowest BCUT2D eigenvalue weighted by molar-refractivity contribution is -0.127. The Morgan fingerprint density at radius 2 is 1.76 bits per heavy atom. The highest BCUT2D eigenvalue weighted by Crippen LogP contribution is 2.24. The van der Waals surface area contributed by atoms with Gasteiger partial charge in [0.25, 0.3) is 0 Å². The van der Waals surface area contributed by atoms with Crippen LogP contribution in [0.2, 0.25) is 0 Å². The Bertz CT molecular complexity index is 802. The molecule has 1 aliphatic carbocycles. The number of carbonyl (C=O) groups is 1. The molecule has 1 saturated carbocycles. The fourth-order valence-electron chi connectivity index (χ4n) is 4.16. The molecule has 160 valence electrons. The fraction of sp³-hybridized carbons (Fsp3) is 0.591. The molecule has 1 amide bonds. The molecule has 3 atom stereocenters. The van der Waals surface area contributed by atoms with Crippen molar-refractivity contribution in [1.82, 2.24) is 14.5 Å². The minimum absolute atomic E-state index is 0.0593. The quantitative estimate of drug-likeness (QED) is 0.770. The second-order valence-corrected chi connectivity index (χ2v) is 10.1. The van der Waals surface area contributed by atoms with Crippen molar-refractivity contribution in [1.29, 1.82) is 0 Å². The topological polar surface area (TPSA) is 69.7 Å². The SMILES string of the molecule is C[C@H](C(=O)N[C@@H]1CCCC[C@@H]1C)N1CCN(S(=O)(=O)/C=C/c2ccccc2)CC1. The number of amides is 1. The van der Waals surface area contributed by atoms with E-state index in [9.17, 15) is 13.2 Å². The van der Waals surface area contributed by atoms with Crippen LogP contribution in [0.15, 0.2) is 35.7 Å². The van der Waals surface area contributed by atoms with Crippen LogP contribution in [-0.2, 0) is 14.8 Å². The van der Waals surface area contributed by atoms with Crippen LogP contribution in [0.25, 0.3) is 6.08 Å². The first-order valence-electron chi connectivity index (χ1n) is 10.6. The van der Waals surface area contributed by atoms with Gasteiger partial charge in [-0.3, -0.25) is 9.69 Å². The zero-order chi connectivity index (χ0) is 20.9. The largest absolute Gasteiger partial charge is 0.352 e. The Hall–Kier alpha value is -1.70. The molecule has 6 nitrogen and oxygen atoms in total. The van der Waals surface area contributed by atoms with E-state index in [4.69, 9.17) is 0 Å². The zero-order valence-corrected chi connectivity index (χ0v) is 18.3. The van der Waals surface area contributed by atoms with Crippen molar-refractivity contribution in [2.45, 2.75) is 51.6 Å². The number of nitrogens with zero attached hydrogens (tertiary/aromatic N) is 2. The Morgan fingerprint density at radius 3 is 2.41 bits per heavy atom. The van der Waals surface area contributed by atoms with E-state index in [1.807, 2.05) is 37.3 Å². The summed E-state index contributed by atoms with van der Waals surface area (Å²) in [4.78, 5) is 14.8. The molecule has 0 spiro atoms. The Kier molecular flexibility index (Phi) is 7.49. The Labute approximate surface area is 175 Å². The van der Waals surface area contributed by atoms with E-state index in [0.717, 1.165) is 12.0 Å². The highest BCUT2D eigenvalue weighted by molar-refractivity contribution is 7.92. The molecule has 0 bridgehead atoms. The van der Waals surface area contributed by atoms with Gasteiger partial charge in [-0.1, -0.05) is 50.1 Å². The molecule has 1 aromatic carbocycles. The van der Waals surface area contributed by atoms with Gasteiger partial charge in [0.1, 0.15) is 0 Å². The summed E-state index contributed by atoms with van der Waals surface area (Å²) in [6.45, 7) is 6.06. The van der Waals surface area contributed by atoms with E-state index in [0.29, 0.717) is 32.1 Å². The van der Waals surface area contributed by atoms with Gasteiger partial charge in [-0.25, -0.2) is 8.42 Å². The summed E-state index contributed by atoms with van der Waals surface area (Å²) in [7, 11) is -3.46. The van der Waals surface area contributed by atoms with Crippen molar-refractivity contribution < 1.29 is 13.2 Å². The van der Waals surface area contributed by atoms with Crippen LogP contribution in [0.1, 0.15) is 45.1 Å². The highest BCUT2D eigenvalue weighted by Gasteiger charge is 2.31. The summed E-state index contributed by atoms with van der Waals surface area (Å²) < 4.78 is 26.7. The number of hydrogen-bond donors (Lipinski definition) is 1. The number of piperazine rings is 1. The molecule has 1 aliphatic heterocycles. The predicted octanol–water partition coefficient (Wildman–Crippen LogP) is 2.69. The lowest BCUT2D eigenvalue weighted by Gasteiger charge is -2.37. The minimum Gasteiger partial charge on any atom is -0.352 e. The third-order valence-corrected chi connectivity index (χ3v) is 7.80. The second-order valence-electron chi connectivity index (χ2n) is 8.25. The van der Waals surface area contributed by atoms with Gasteiger partial charge in [-0.15, -0.1) is 0 Å². The predicted molar refractivity (Wildman–Crippen MR) is 117 cm³/mol. The van der Waals surface area contributed by atoms with Crippen molar-refractivity contribution in [3.63, 3.8) is 0 Å². The van der Waals surface area contributed by atoms with E-state index in [2.05, 4.69) is 17.1 Å². The first-order valence-corrected chi connectivity index (χ1v) is 12.1. The van der Waals surface area contributed by atoms with Crippen molar-refractivity contribution in [3.8, 4) is 0 Å². The van der Waals surface area contributed by atoms with Gasteiger partial charge >= 0.3 is 0 Å². The van der Waals surface area contributed by atoms with Crippen molar-refractivity contribution in [2.24, 2.45) is 5.92 Å². The van der Waals surface area contributed by atoms with Crippen molar-refractivity contribution >= 4 is 22.0 Å². The maximum atomic E-state index is 12.7. The van der Waals surface area contributed by atoms with Gasteiger partial charge in [0.15, 0.2) is 0 Å². The van der Waals surface area contributed by atoms with E-state index in [1.165, 1.54) is 29.0 Å². The van der Waals surface area contributed by atoms with Gasteiger partial charge in [-0.05, 0) is 37.3 Å². The number of rotatable bonds is 6. The smallest absolute Gasteiger partial charge is 0.237 e.